The molecule has 0 atom stereocenters. The molecule has 0 radical (unpaired) electrons. The zero-order valence-electron chi connectivity index (χ0n) is 19.6. The van der Waals surface area contributed by atoms with Crippen LogP contribution in [0.5, 0.6) is 0 Å². The van der Waals surface area contributed by atoms with E-state index in [1.165, 1.54) is 0 Å². The van der Waals surface area contributed by atoms with Gasteiger partial charge in [-0.1, -0.05) is 51.7 Å². The summed E-state index contributed by atoms with van der Waals surface area (Å²) in [4.78, 5) is 24.7. The van der Waals surface area contributed by atoms with Crippen molar-refractivity contribution >= 4 is 36.4 Å². The first-order valence-corrected chi connectivity index (χ1v) is 14.8. The lowest BCUT2D eigenvalue weighted by Crippen LogP contribution is -2.22. The van der Waals surface area contributed by atoms with Gasteiger partial charge in [-0.05, 0) is 24.1 Å². The number of aldehydes is 1. The van der Waals surface area contributed by atoms with E-state index in [1.54, 1.807) is 0 Å². The Balaban J connectivity index is 1.71. The van der Waals surface area contributed by atoms with Crippen molar-refractivity contribution < 1.29 is 9.53 Å². The SMILES string of the molecule is CC(C)(C=O)Cc1cn(COCC[Si](C)(C)C)c2ncc(-c3c[nH]c4ccccc34)nc12. The minimum atomic E-state index is -1.15. The van der Waals surface area contributed by atoms with Gasteiger partial charge in [0.15, 0.2) is 5.65 Å². The van der Waals surface area contributed by atoms with Crippen LogP contribution in [0.4, 0.5) is 0 Å². The predicted molar refractivity (Wildman–Crippen MR) is 132 cm³/mol. The van der Waals surface area contributed by atoms with Gasteiger partial charge in [-0.25, -0.2) is 9.97 Å². The van der Waals surface area contributed by atoms with E-state index >= 15 is 0 Å². The van der Waals surface area contributed by atoms with Gasteiger partial charge in [0.25, 0.3) is 0 Å². The smallest absolute Gasteiger partial charge is 0.160 e. The van der Waals surface area contributed by atoms with E-state index in [0.717, 1.165) is 57.8 Å². The van der Waals surface area contributed by atoms with Crippen LogP contribution in [0.1, 0.15) is 19.4 Å². The number of benzene rings is 1. The van der Waals surface area contributed by atoms with Gasteiger partial charge in [0, 0.05) is 49.0 Å². The van der Waals surface area contributed by atoms with Crippen molar-refractivity contribution in [2.45, 2.75) is 52.7 Å². The third kappa shape index (κ3) is 4.84. The minimum Gasteiger partial charge on any atom is -0.361 e. The van der Waals surface area contributed by atoms with Gasteiger partial charge in [-0.15, -0.1) is 0 Å². The van der Waals surface area contributed by atoms with E-state index < -0.39 is 13.5 Å². The summed E-state index contributed by atoms with van der Waals surface area (Å²) in [5.41, 5.74) is 5.07. The highest BCUT2D eigenvalue weighted by Gasteiger charge is 2.23. The molecule has 0 unspecified atom stereocenters. The maximum atomic E-state index is 11.6. The molecule has 1 N–H and O–H groups in total. The van der Waals surface area contributed by atoms with Crippen molar-refractivity contribution in [2.24, 2.45) is 5.41 Å². The minimum absolute atomic E-state index is 0.434. The first-order valence-electron chi connectivity index (χ1n) is 11.1. The maximum Gasteiger partial charge on any atom is 0.160 e. The molecule has 0 saturated heterocycles. The first-order chi connectivity index (χ1) is 15.2. The van der Waals surface area contributed by atoms with Gasteiger partial charge < -0.3 is 19.1 Å². The van der Waals surface area contributed by atoms with Crippen LogP contribution < -0.4 is 0 Å². The summed E-state index contributed by atoms with van der Waals surface area (Å²) in [7, 11) is -1.15. The third-order valence-corrected chi connectivity index (χ3v) is 7.40. The van der Waals surface area contributed by atoms with Gasteiger partial charge in [0.05, 0.1) is 11.9 Å². The Bertz CT molecular complexity index is 1250. The highest BCUT2D eigenvalue weighted by Crippen LogP contribution is 2.31. The molecule has 0 aliphatic heterocycles. The summed E-state index contributed by atoms with van der Waals surface area (Å²) < 4.78 is 8.00. The highest BCUT2D eigenvalue weighted by atomic mass is 28.3. The molecule has 7 heteroatoms. The number of ether oxygens (including phenoxy) is 1. The van der Waals surface area contributed by atoms with E-state index in [-0.39, 0.29) is 0 Å². The number of fused-ring (bicyclic) bond motifs is 2. The molecule has 0 fully saturated rings. The van der Waals surface area contributed by atoms with Crippen molar-refractivity contribution in [1.29, 1.82) is 0 Å². The lowest BCUT2D eigenvalue weighted by molar-refractivity contribution is -0.114. The van der Waals surface area contributed by atoms with Gasteiger partial charge >= 0.3 is 0 Å². The summed E-state index contributed by atoms with van der Waals surface area (Å²) in [6.45, 7) is 12.1. The standard InChI is InChI=1S/C25H32N4O2Si/c1-25(2,16-30)12-18-15-29(17-31-10-11-32(3,4)5)24-23(18)28-22(14-27-24)20-13-26-21-9-7-6-8-19(20)21/h6-9,13-16,26H,10-12,17H2,1-5H3. The molecule has 0 aliphatic carbocycles. The summed E-state index contributed by atoms with van der Waals surface area (Å²) in [6, 6.07) is 9.29. The maximum absolute atomic E-state index is 11.6. The lowest BCUT2D eigenvalue weighted by atomic mass is 9.88. The highest BCUT2D eigenvalue weighted by molar-refractivity contribution is 6.76. The van der Waals surface area contributed by atoms with Gasteiger partial charge in [-0.3, -0.25) is 0 Å². The number of nitrogens with one attached hydrogen (secondary N) is 1. The quantitative estimate of drug-likeness (QED) is 0.204. The Morgan fingerprint density at radius 2 is 2.00 bits per heavy atom. The summed E-state index contributed by atoms with van der Waals surface area (Å²) >= 11 is 0. The Morgan fingerprint density at radius 1 is 1.22 bits per heavy atom. The molecule has 1 aromatic carbocycles. The summed E-state index contributed by atoms with van der Waals surface area (Å²) in [6.07, 6.45) is 7.46. The van der Waals surface area contributed by atoms with Crippen molar-refractivity contribution in [3.8, 4) is 11.3 Å². The van der Waals surface area contributed by atoms with Gasteiger partial charge in [0.2, 0.25) is 0 Å². The average Bonchev–Trinajstić information content (AvgIpc) is 3.32. The Morgan fingerprint density at radius 3 is 2.75 bits per heavy atom. The molecule has 3 heterocycles. The van der Waals surface area contributed by atoms with Crippen LogP contribution in [-0.4, -0.2) is 40.5 Å². The molecule has 3 aromatic heterocycles. The molecule has 0 saturated carbocycles. The summed E-state index contributed by atoms with van der Waals surface area (Å²) in [5, 5.41) is 1.12. The number of hydrogen-bond acceptors (Lipinski definition) is 4. The topological polar surface area (TPSA) is 72.8 Å². The van der Waals surface area contributed by atoms with Crippen LogP contribution >= 0.6 is 0 Å². The fourth-order valence-electron chi connectivity index (χ4n) is 3.83. The average molecular weight is 449 g/mol. The number of aromatic nitrogens is 4. The Kier molecular flexibility index (Phi) is 6.05. The first kappa shape index (κ1) is 22.4. The van der Waals surface area contributed by atoms with Crippen molar-refractivity contribution in [2.75, 3.05) is 6.61 Å². The molecule has 4 aromatic rings. The molecule has 0 aliphatic rings. The fourth-order valence-corrected chi connectivity index (χ4v) is 4.59. The molecular weight excluding hydrogens is 416 g/mol. The molecule has 0 bridgehead atoms. The second-order valence-corrected chi connectivity index (χ2v) is 16.1. The van der Waals surface area contributed by atoms with E-state index in [2.05, 4.69) is 36.8 Å². The van der Waals surface area contributed by atoms with Crippen LogP contribution in [0.3, 0.4) is 0 Å². The van der Waals surface area contributed by atoms with E-state index in [0.29, 0.717) is 13.2 Å². The molecule has 0 spiro atoms. The Hall–Kier alpha value is -2.77. The summed E-state index contributed by atoms with van der Waals surface area (Å²) in [5.74, 6) is 0. The van der Waals surface area contributed by atoms with Gasteiger partial charge in [-0.2, -0.15) is 0 Å². The second-order valence-electron chi connectivity index (χ2n) is 10.4. The van der Waals surface area contributed by atoms with Crippen LogP contribution in [0, 0.1) is 5.41 Å². The van der Waals surface area contributed by atoms with E-state index in [1.807, 2.05) is 49.1 Å². The number of carbonyl (C=O) groups excluding carboxylic acids is 1. The normalized spacial score (nSPS) is 12.7. The van der Waals surface area contributed by atoms with Crippen molar-refractivity contribution in [1.82, 2.24) is 19.5 Å². The predicted octanol–water partition coefficient (Wildman–Crippen LogP) is 5.66. The van der Waals surface area contributed by atoms with Crippen LogP contribution in [-0.2, 0) is 22.7 Å². The van der Waals surface area contributed by atoms with Crippen LogP contribution in [0.2, 0.25) is 25.7 Å². The zero-order chi connectivity index (χ0) is 22.9. The van der Waals surface area contributed by atoms with Crippen molar-refractivity contribution in [3.63, 3.8) is 0 Å². The number of hydrogen-bond donors (Lipinski definition) is 1. The monoisotopic (exact) mass is 448 g/mol. The fraction of sp³-hybridized carbons (Fsp3) is 0.400. The van der Waals surface area contributed by atoms with Crippen molar-refractivity contribution in [3.05, 3.63) is 48.4 Å². The zero-order valence-corrected chi connectivity index (χ0v) is 20.6. The largest absolute Gasteiger partial charge is 0.361 e. The van der Waals surface area contributed by atoms with E-state index in [9.17, 15) is 4.79 Å². The number of carbonyl (C=O) groups is 1. The second kappa shape index (κ2) is 8.63. The molecule has 0 amide bonds. The molecular formula is C25H32N4O2Si. The number of H-pyrrole nitrogens is 1. The van der Waals surface area contributed by atoms with E-state index in [4.69, 9.17) is 14.7 Å². The Labute approximate surface area is 190 Å². The molecule has 32 heavy (non-hydrogen) atoms. The van der Waals surface area contributed by atoms with Crippen LogP contribution in [0.25, 0.3) is 33.3 Å². The molecule has 168 valence electrons. The number of aromatic amines is 1. The number of nitrogens with zero attached hydrogens (tertiary/aromatic N) is 3. The lowest BCUT2D eigenvalue weighted by Gasteiger charge is -2.16. The number of rotatable bonds is 9. The third-order valence-electron chi connectivity index (χ3n) is 5.70. The molecule has 4 rings (SSSR count). The molecule has 6 nitrogen and oxygen atoms in total. The number of para-hydroxylation sites is 1. The van der Waals surface area contributed by atoms with Crippen LogP contribution in [0.15, 0.2) is 42.9 Å². The van der Waals surface area contributed by atoms with Gasteiger partial charge in [0.1, 0.15) is 18.5 Å².